The van der Waals surface area contributed by atoms with Gasteiger partial charge in [-0.15, -0.1) is 0 Å². The van der Waals surface area contributed by atoms with Gasteiger partial charge in [0.2, 0.25) is 5.91 Å². The lowest BCUT2D eigenvalue weighted by Gasteiger charge is -2.29. The highest BCUT2D eigenvalue weighted by atomic mass is 35.5. The Morgan fingerprint density at radius 3 is 2.52 bits per heavy atom. The molecule has 0 atom stereocenters. The number of carboxylic acid groups (broad SMARTS) is 1. The van der Waals surface area contributed by atoms with Crippen molar-refractivity contribution >= 4 is 23.5 Å². The molecule has 0 aliphatic rings. The Hall–Kier alpha value is -2.27. The summed E-state index contributed by atoms with van der Waals surface area (Å²) < 4.78 is 5.45. The number of aromatic carboxylic acids is 1. The van der Waals surface area contributed by atoms with Gasteiger partial charge in [0.05, 0.1) is 6.54 Å². The quantitative estimate of drug-likeness (QED) is 0.836. The van der Waals surface area contributed by atoms with Gasteiger partial charge in [-0.1, -0.05) is 37.6 Å². The molecule has 1 aromatic heterocycles. The van der Waals surface area contributed by atoms with Crippen LogP contribution in [0.15, 0.2) is 34.7 Å². The first-order valence-corrected chi connectivity index (χ1v) is 8.30. The van der Waals surface area contributed by atoms with Crippen molar-refractivity contribution in [2.75, 3.05) is 7.05 Å². The van der Waals surface area contributed by atoms with Gasteiger partial charge in [0.1, 0.15) is 17.1 Å². The van der Waals surface area contributed by atoms with E-state index in [2.05, 4.69) is 0 Å². The summed E-state index contributed by atoms with van der Waals surface area (Å²) in [5, 5.41) is 9.73. The lowest BCUT2D eigenvalue weighted by Crippen LogP contribution is -2.39. The van der Waals surface area contributed by atoms with Gasteiger partial charge >= 0.3 is 5.97 Å². The van der Waals surface area contributed by atoms with E-state index in [9.17, 15) is 9.59 Å². The van der Waals surface area contributed by atoms with E-state index in [0.717, 1.165) is 5.56 Å². The molecule has 1 N–H and O–H groups in total. The summed E-state index contributed by atoms with van der Waals surface area (Å²) >= 11 is 6.01. The van der Waals surface area contributed by atoms with Gasteiger partial charge in [-0.3, -0.25) is 4.79 Å². The number of carbonyl (C=O) groups is 2. The van der Waals surface area contributed by atoms with Gasteiger partial charge in [-0.25, -0.2) is 4.79 Å². The zero-order valence-electron chi connectivity index (χ0n) is 14.8. The van der Waals surface area contributed by atoms with Crippen LogP contribution in [0.3, 0.4) is 0 Å². The summed E-state index contributed by atoms with van der Waals surface area (Å²) in [7, 11) is 1.68. The second kappa shape index (κ2) is 7.31. The molecular weight excluding hydrogens is 342 g/mol. The van der Waals surface area contributed by atoms with Crippen LogP contribution >= 0.6 is 11.6 Å². The van der Waals surface area contributed by atoms with Crippen LogP contribution in [0, 0.1) is 12.3 Å². The summed E-state index contributed by atoms with van der Waals surface area (Å²) in [5.41, 5.74) is 0.478. The van der Waals surface area contributed by atoms with E-state index in [1.165, 1.54) is 6.07 Å². The molecule has 0 unspecified atom stereocenters. The summed E-state index contributed by atoms with van der Waals surface area (Å²) in [6.07, 6.45) is 0.550. The Morgan fingerprint density at radius 1 is 1.28 bits per heavy atom. The normalized spacial score (nSPS) is 11.4. The molecule has 1 amide bonds. The molecule has 134 valence electrons. The molecule has 1 heterocycles. The molecule has 0 saturated heterocycles. The standard InChI is InChI=1S/C19H22ClNO4/c1-12-16(17(22)23)9-15(25-12)11-21(4)18(24)19(2,3)10-13-6-5-7-14(20)8-13/h5-9H,10-11H2,1-4H3,(H,22,23). The third kappa shape index (κ3) is 4.63. The van der Waals surface area contributed by atoms with Gasteiger partial charge < -0.3 is 14.4 Å². The number of halogens is 1. The van der Waals surface area contributed by atoms with Crippen LogP contribution in [0.4, 0.5) is 0 Å². The first-order valence-electron chi connectivity index (χ1n) is 7.93. The Labute approximate surface area is 152 Å². The minimum absolute atomic E-state index is 0.0570. The van der Waals surface area contributed by atoms with Gasteiger partial charge in [-0.2, -0.15) is 0 Å². The fourth-order valence-corrected chi connectivity index (χ4v) is 3.10. The minimum atomic E-state index is -1.04. The molecule has 0 aliphatic heterocycles. The molecular formula is C19H22ClNO4. The largest absolute Gasteiger partial charge is 0.478 e. The van der Waals surface area contributed by atoms with E-state index in [1.54, 1.807) is 24.9 Å². The van der Waals surface area contributed by atoms with Crippen molar-refractivity contribution in [1.82, 2.24) is 4.90 Å². The van der Waals surface area contributed by atoms with Crippen molar-refractivity contribution in [3.05, 3.63) is 58.0 Å². The summed E-state index contributed by atoms with van der Waals surface area (Å²) in [6, 6.07) is 8.92. The zero-order valence-corrected chi connectivity index (χ0v) is 15.6. The van der Waals surface area contributed by atoms with Crippen LogP contribution in [0.1, 0.15) is 41.3 Å². The van der Waals surface area contributed by atoms with Crippen molar-refractivity contribution in [2.24, 2.45) is 5.41 Å². The molecule has 6 heteroatoms. The predicted octanol–water partition coefficient (Wildman–Crippen LogP) is 4.17. The van der Waals surface area contributed by atoms with Gasteiger partial charge in [-0.05, 0) is 37.1 Å². The molecule has 0 radical (unpaired) electrons. The van der Waals surface area contributed by atoms with Crippen LogP contribution in [-0.2, 0) is 17.8 Å². The lowest BCUT2D eigenvalue weighted by atomic mass is 9.84. The average molecular weight is 364 g/mol. The maximum absolute atomic E-state index is 12.8. The minimum Gasteiger partial charge on any atom is -0.478 e. The van der Waals surface area contributed by atoms with Crippen LogP contribution in [0.2, 0.25) is 5.02 Å². The highest BCUT2D eigenvalue weighted by Gasteiger charge is 2.31. The average Bonchev–Trinajstić information content (AvgIpc) is 2.86. The molecule has 0 bridgehead atoms. The van der Waals surface area contributed by atoms with Crippen molar-refractivity contribution in [3.63, 3.8) is 0 Å². The zero-order chi connectivity index (χ0) is 18.8. The molecule has 2 aromatic rings. The third-order valence-corrected chi connectivity index (χ3v) is 4.29. The van der Waals surface area contributed by atoms with Crippen molar-refractivity contribution < 1.29 is 19.1 Å². The predicted molar refractivity (Wildman–Crippen MR) is 95.8 cm³/mol. The SMILES string of the molecule is Cc1oc(CN(C)C(=O)C(C)(C)Cc2cccc(Cl)c2)cc1C(=O)O. The van der Waals surface area contributed by atoms with E-state index in [-0.39, 0.29) is 18.0 Å². The van der Waals surface area contributed by atoms with Gasteiger partial charge in [0.25, 0.3) is 0 Å². The highest BCUT2D eigenvalue weighted by Crippen LogP contribution is 2.27. The molecule has 5 nitrogen and oxygen atoms in total. The number of furan rings is 1. The fourth-order valence-electron chi connectivity index (χ4n) is 2.89. The number of rotatable bonds is 6. The molecule has 1 aromatic carbocycles. The second-order valence-electron chi connectivity index (χ2n) is 6.84. The number of carbonyl (C=O) groups excluding carboxylic acids is 1. The van der Waals surface area contributed by atoms with Crippen molar-refractivity contribution in [2.45, 2.75) is 33.7 Å². The number of hydrogen-bond donors (Lipinski definition) is 1. The maximum Gasteiger partial charge on any atom is 0.339 e. The van der Waals surface area contributed by atoms with E-state index in [4.69, 9.17) is 21.1 Å². The Bertz CT molecular complexity index is 794. The van der Waals surface area contributed by atoms with Gasteiger partial charge in [0, 0.05) is 17.5 Å². The van der Waals surface area contributed by atoms with Crippen LogP contribution < -0.4 is 0 Å². The molecule has 0 fully saturated rings. The molecule has 0 spiro atoms. The molecule has 0 saturated carbocycles. The second-order valence-corrected chi connectivity index (χ2v) is 7.28. The Kier molecular flexibility index (Phi) is 5.58. The van der Waals surface area contributed by atoms with Gasteiger partial charge in [0.15, 0.2) is 0 Å². The van der Waals surface area contributed by atoms with E-state index >= 15 is 0 Å². The summed E-state index contributed by atoms with van der Waals surface area (Å²) in [4.78, 5) is 25.5. The molecule has 25 heavy (non-hydrogen) atoms. The lowest BCUT2D eigenvalue weighted by molar-refractivity contribution is -0.139. The first-order chi connectivity index (χ1) is 11.6. The Balaban J connectivity index is 2.09. The summed E-state index contributed by atoms with van der Waals surface area (Å²) in [6.45, 7) is 5.56. The van der Waals surface area contributed by atoms with Crippen molar-refractivity contribution in [3.8, 4) is 0 Å². The number of hydrogen-bond acceptors (Lipinski definition) is 3. The van der Waals surface area contributed by atoms with Crippen molar-refractivity contribution in [1.29, 1.82) is 0 Å². The number of aryl methyl sites for hydroxylation is 1. The monoisotopic (exact) mass is 363 g/mol. The van der Waals surface area contributed by atoms with Crippen LogP contribution in [0.5, 0.6) is 0 Å². The third-order valence-electron chi connectivity index (χ3n) is 4.05. The number of nitrogens with zero attached hydrogens (tertiary/aromatic N) is 1. The highest BCUT2D eigenvalue weighted by molar-refractivity contribution is 6.30. The number of amides is 1. The molecule has 2 rings (SSSR count). The smallest absolute Gasteiger partial charge is 0.339 e. The maximum atomic E-state index is 12.8. The van der Waals surface area contributed by atoms with E-state index in [1.807, 2.05) is 32.0 Å². The number of carboxylic acids is 1. The van der Waals surface area contributed by atoms with Crippen LogP contribution in [0.25, 0.3) is 0 Å². The topological polar surface area (TPSA) is 70.8 Å². The van der Waals surface area contributed by atoms with E-state index in [0.29, 0.717) is 23.0 Å². The molecule has 0 aliphatic carbocycles. The summed E-state index contributed by atoms with van der Waals surface area (Å²) in [5.74, 6) is -0.313. The fraction of sp³-hybridized carbons (Fsp3) is 0.368. The van der Waals surface area contributed by atoms with E-state index < -0.39 is 11.4 Å². The van der Waals surface area contributed by atoms with Crippen LogP contribution in [-0.4, -0.2) is 28.9 Å². The Morgan fingerprint density at radius 2 is 1.96 bits per heavy atom. The first kappa shape index (κ1) is 19.1. The number of benzene rings is 1.